The summed E-state index contributed by atoms with van der Waals surface area (Å²) in [6.07, 6.45) is 2.09. The lowest BCUT2D eigenvalue weighted by Crippen LogP contribution is -2.43. The Morgan fingerprint density at radius 3 is 1.38 bits per heavy atom. The van der Waals surface area contributed by atoms with E-state index in [2.05, 4.69) is 10.6 Å². The second-order valence-electron chi connectivity index (χ2n) is 20.0. The molecule has 0 saturated carbocycles. The first kappa shape index (κ1) is 56.2. The highest BCUT2D eigenvalue weighted by Gasteiger charge is 2.36. The molecule has 4 atom stereocenters. The van der Waals surface area contributed by atoms with Gasteiger partial charge in [0.2, 0.25) is 0 Å². The summed E-state index contributed by atoms with van der Waals surface area (Å²) in [5.41, 5.74) is 6.64. The molecular weight excluding hydrogens is 1010 g/mol. The van der Waals surface area contributed by atoms with Gasteiger partial charge in [0.1, 0.15) is 69.5 Å². The lowest BCUT2D eigenvalue weighted by atomic mass is 9.88. The minimum Gasteiger partial charge on any atom is -0.496 e. The van der Waals surface area contributed by atoms with Crippen LogP contribution in [0.25, 0.3) is 0 Å². The molecule has 0 bridgehead atoms. The third-order valence-corrected chi connectivity index (χ3v) is 14.7. The largest absolute Gasteiger partial charge is 0.496 e. The zero-order chi connectivity index (χ0) is 56.1. The van der Waals surface area contributed by atoms with E-state index in [0.29, 0.717) is 71.9 Å². The molecule has 8 rings (SSSR count). The third kappa shape index (κ3) is 11.6. The van der Waals surface area contributed by atoms with Gasteiger partial charge in [-0.05, 0) is 122 Å². The highest BCUT2D eigenvalue weighted by atomic mass is 19.1. The molecule has 4 N–H and O–H groups in total. The maximum absolute atomic E-state index is 16.0. The number of methoxy groups -OCH3 is 4. The van der Waals surface area contributed by atoms with Gasteiger partial charge in [0, 0.05) is 66.6 Å². The number of amides is 2. The Bertz CT molecular complexity index is 3240. The minimum atomic E-state index is -1.52. The number of hydrogen-bond acceptors (Lipinski definition) is 10. The lowest BCUT2D eigenvalue weighted by molar-refractivity contribution is -0.140. The molecule has 2 amide bonds. The zero-order valence-electron chi connectivity index (χ0n) is 44.4. The molecule has 14 nitrogen and oxygen atoms in total. The molecule has 2 aliphatic rings. The molecule has 2 aliphatic carbocycles. The van der Waals surface area contributed by atoms with Gasteiger partial charge in [-0.25, -0.2) is 27.2 Å². The Hall–Kier alpha value is -7.96. The van der Waals surface area contributed by atoms with Crippen molar-refractivity contribution in [1.29, 1.82) is 0 Å². The van der Waals surface area contributed by atoms with E-state index in [1.54, 1.807) is 50.4 Å². The second-order valence-corrected chi connectivity index (χ2v) is 20.0. The molecule has 0 aromatic heterocycles. The van der Waals surface area contributed by atoms with Crippen molar-refractivity contribution in [3.63, 3.8) is 0 Å². The summed E-state index contributed by atoms with van der Waals surface area (Å²) in [6, 6.07) is 20.6. The number of fused-ring (bicyclic) bond motifs is 2. The molecule has 78 heavy (non-hydrogen) atoms. The molecule has 0 heterocycles. The van der Waals surface area contributed by atoms with Crippen LogP contribution in [-0.4, -0.2) is 105 Å². The number of carboxylic acid groups (broad SMARTS) is 2. The van der Waals surface area contributed by atoms with Gasteiger partial charge in [-0.15, -0.1) is 0 Å². The summed E-state index contributed by atoms with van der Waals surface area (Å²) in [6.45, 7) is 0.882. The average molecular weight is 1080 g/mol. The third-order valence-electron chi connectivity index (χ3n) is 14.7. The van der Waals surface area contributed by atoms with Gasteiger partial charge in [-0.1, -0.05) is 54.6 Å². The SMILES string of the molecule is COc1ccc(CN(C)C)c(OC)c1[C@@H]1CCc2c(C[C@H](NC(=O)c3c(F)cc(CN(C)Cc4ccc(OC)c([C@H]5CCc6c(C[C@H](NC(=O)c7c(F)cccc7F)C(=O)O)cccc65)c4OC)cc3F)C(=O)O)cccc21. The van der Waals surface area contributed by atoms with Crippen LogP contribution < -0.4 is 29.6 Å². The summed E-state index contributed by atoms with van der Waals surface area (Å²) in [4.78, 5) is 55.5. The first-order chi connectivity index (χ1) is 37.4. The number of rotatable bonds is 22. The van der Waals surface area contributed by atoms with Gasteiger partial charge in [0.15, 0.2) is 0 Å². The number of nitrogens with zero attached hydrogens (tertiary/aromatic N) is 2. The molecule has 0 saturated heterocycles. The van der Waals surface area contributed by atoms with Crippen LogP contribution in [0.2, 0.25) is 0 Å². The van der Waals surface area contributed by atoms with Crippen molar-refractivity contribution in [2.45, 2.75) is 82.1 Å². The number of halogens is 4. The topological polar surface area (TPSA) is 176 Å². The van der Waals surface area contributed by atoms with Gasteiger partial charge in [0.25, 0.3) is 11.8 Å². The molecule has 6 aromatic rings. The van der Waals surface area contributed by atoms with Crippen molar-refractivity contribution in [3.05, 3.63) is 187 Å². The van der Waals surface area contributed by atoms with E-state index in [9.17, 15) is 38.2 Å². The van der Waals surface area contributed by atoms with Crippen LogP contribution in [0.3, 0.4) is 0 Å². The Labute approximate surface area is 449 Å². The number of carboxylic acids is 2. The summed E-state index contributed by atoms with van der Waals surface area (Å²) < 4.78 is 84.5. The van der Waals surface area contributed by atoms with Crippen molar-refractivity contribution < 1.29 is 65.9 Å². The normalized spacial score (nSPS) is 15.3. The van der Waals surface area contributed by atoms with Gasteiger partial charge in [-0.3, -0.25) is 14.5 Å². The van der Waals surface area contributed by atoms with E-state index in [-0.39, 0.29) is 43.3 Å². The first-order valence-electron chi connectivity index (χ1n) is 25.4. The number of carbonyl (C=O) groups excluding carboxylic acids is 2. The van der Waals surface area contributed by atoms with Gasteiger partial charge >= 0.3 is 11.9 Å². The highest BCUT2D eigenvalue weighted by Crippen LogP contribution is 2.50. The smallest absolute Gasteiger partial charge is 0.326 e. The molecule has 18 heteroatoms. The Balaban J connectivity index is 0.965. The first-order valence-corrected chi connectivity index (χ1v) is 25.4. The summed E-state index contributed by atoms with van der Waals surface area (Å²) in [7, 11) is 11.9. The average Bonchev–Trinajstić information content (AvgIpc) is 4.03. The number of ether oxygens (including phenoxy) is 4. The van der Waals surface area contributed by atoms with Crippen LogP contribution in [0, 0.1) is 23.3 Å². The van der Waals surface area contributed by atoms with Crippen LogP contribution in [0.1, 0.15) is 107 Å². The molecule has 0 unspecified atom stereocenters. The molecule has 6 aromatic carbocycles. The minimum absolute atomic E-state index is 0.0241. The predicted octanol–water partition coefficient (Wildman–Crippen LogP) is 8.98. The van der Waals surface area contributed by atoms with Crippen molar-refractivity contribution in [3.8, 4) is 23.0 Å². The van der Waals surface area contributed by atoms with Crippen LogP contribution in [0.5, 0.6) is 23.0 Å². The molecule has 0 spiro atoms. The van der Waals surface area contributed by atoms with Crippen LogP contribution in [0.4, 0.5) is 17.6 Å². The van der Waals surface area contributed by atoms with Gasteiger partial charge < -0.3 is 44.7 Å². The van der Waals surface area contributed by atoms with Crippen molar-refractivity contribution in [2.24, 2.45) is 0 Å². The Morgan fingerprint density at radius 2 is 0.974 bits per heavy atom. The van der Waals surface area contributed by atoms with E-state index >= 15 is 8.78 Å². The highest BCUT2D eigenvalue weighted by molar-refractivity contribution is 5.98. The monoisotopic (exact) mass is 1070 g/mol. The fourth-order valence-corrected chi connectivity index (χ4v) is 11.4. The van der Waals surface area contributed by atoms with E-state index in [4.69, 9.17) is 18.9 Å². The van der Waals surface area contributed by atoms with Crippen molar-refractivity contribution in [1.82, 2.24) is 20.4 Å². The number of hydrogen-bond donors (Lipinski definition) is 4. The van der Waals surface area contributed by atoms with E-state index in [1.807, 2.05) is 55.4 Å². The van der Waals surface area contributed by atoms with E-state index in [1.165, 1.54) is 14.2 Å². The molecular formula is C60H62F4N4O10. The van der Waals surface area contributed by atoms with Crippen LogP contribution in [0.15, 0.2) is 91.0 Å². The number of aliphatic carboxylic acids is 2. The quantitative estimate of drug-likeness (QED) is 0.0476. The number of benzene rings is 6. The predicted molar refractivity (Wildman–Crippen MR) is 283 cm³/mol. The molecule has 0 fully saturated rings. The fourth-order valence-electron chi connectivity index (χ4n) is 11.4. The van der Waals surface area contributed by atoms with Crippen molar-refractivity contribution in [2.75, 3.05) is 49.6 Å². The summed E-state index contributed by atoms with van der Waals surface area (Å²) in [5.74, 6) is -7.76. The summed E-state index contributed by atoms with van der Waals surface area (Å²) >= 11 is 0. The second kappa shape index (κ2) is 24.2. The van der Waals surface area contributed by atoms with Gasteiger partial charge in [-0.2, -0.15) is 0 Å². The molecule has 0 aliphatic heterocycles. The zero-order valence-corrected chi connectivity index (χ0v) is 44.4. The molecule has 410 valence electrons. The number of nitrogens with one attached hydrogen (secondary N) is 2. The Kier molecular flexibility index (Phi) is 17.4. The van der Waals surface area contributed by atoms with Crippen LogP contribution >= 0.6 is 0 Å². The molecule has 0 radical (unpaired) electrons. The maximum Gasteiger partial charge on any atom is 0.326 e. The van der Waals surface area contributed by atoms with Crippen LogP contribution in [-0.2, 0) is 54.9 Å². The summed E-state index contributed by atoms with van der Waals surface area (Å²) in [5, 5.41) is 25.1. The van der Waals surface area contributed by atoms with Gasteiger partial charge in [0.05, 0.1) is 28.4 Å². The van der Waals surface area contributed by atoms with Crippen molar-refractivity contribution >= 4 is 23.8 Å². The Morgan fingerprint density at radius 1 is 0.551 bits per heavy atom. The standard InChI is InChI=1S/C60H62F4N4O10/c1-67(2)30-35-17-23-49(75-4)51(55(35)77-6)41-21-19-37-34(12-8-13-39(37)41)28-48(60(73)74)66-58(70)54-45(63)25-32(26-46(54)64)29-68(3)31-36-18-24-50(76-5)52(56(36)78-7)42-22-20-38-33(11-9-14-40(38)42)27-47(59(71)72)65-57(69)53-43(61)15-10-16-44(53)62/h8-18,23-26,41-42,47-48H,19-22,27-31H2,1-7H3,(H,65,69)(H,66,70)(H,71,72)(H,73,74)/t41-,42+,47+,48+/m1/s1. The number of carbonyl (C=O) groups is 4. The lowest BCUT2D eigenvalue weighted by Gasteiger charge is -2.25. The fraction of sp³-hybridized carbons (Fsp3) is 0.333. The van der Waals surface area contributed by atoms with E-state index in [0.717, 1.165) is 69.3 Å². The van der Waals surface area contributed by atoms with E-state index < -0.39 is 70.2 Å². The maximum atomic E-state index is 16.0.